The van der Waals surface area contributed by atoms with Gasteiger partial charge in [0.1, 0.15) is 11.3 Å². The second kappa shape index (κ2) is 11.7. The number of carbonyl (C=O) groups is 1. The number of hydrogen-bond donors (Lipinski definition) is 2. The van der Waals surface area contributed by atoms with Crippen molar-refractivity contribution in [3.05, 3.63) is 94.6 Å². The summed E-state index contributed by atoms with van der Waals surface area (Å²) in [6.07, 6.45) is 6.44. The number of aromatic nitrogens is 1. The number of likely N-dealkylation sites (tertiary alicyclic amines) is 1. The normalized spacial score (nSPS) is 13.7. The Bertz CT molecular complexity index is 1340. The Hall–Kier alpha value is -3.62. The van der Waals surface area contributed by atoms with E-state index in [2.05, 4.69) is 9.88 Å². The van der Waals surface area contributed by atoms with Crippen LogP contribution in [-0.4, -0.2) is 39.2 Å². The Morgan fingerprint density at radius 1 is 1.03 bits per heavy atom. The summed E-state index contributed by atoms with van der Waals surface area (Å²) in [6, 6.07) is 18.1. The highest BCUT2D eigenvalue weighted by Gasteiger charge is 2.18. The first-order chi connectivity index (χ1) is 17.0. The number of fused-ring (bicyclic) bond motifs is 1. The van der Waals surface area contributed by atoms with Crippen LogP contribution in [0.5, 0.6) is 5.75 Å². The smallest absolute Gasteiger partial charge is 0.337 e. The van der Waals surface area contributed by atoms with E-state index >= 15 is 0 Å². The fourth-order valence-electron chi connectivity index (χ4n) is 3.93. The lowest BCUT2D eigenvalue weighted by Crippen LogP contribution is -2.29. The van der Waals surface area contributed by atoms with Gasteiger partial charge in [-0.1, -0.05) is 36.4 Å². The van der Waals surface area contributed by atoms with E-state index in [4.69, 9.17) is 9.52 Å². The maximum absolute atomic E-state index is 12.2. The molecule has 0 amide bonds. The first-order valence-corrected chi connectivity index (χ1v) is 12.2. The van der Waals surface area contributed by atoms with E-state index in [0.29, 0.717) is 17.7 Å². The standard InChI is InChI=1S/C21H21NO3S.C6H5NO2/c23-18-10-9-16-19(26-15-7-3-1-4-8-15)13-20(24)25-21(16)17(18)14-22-11-5-2-6-12-22;8-6(9)5-2-1-3-7-4-5/h1,3-4,7-10,13,23H,2,5-6,11-12,14H2;1-4H,(H,8,9). The minimum absolute atomic E-state index is 0.188. The first kappa shape index (κ1) is 24.5. The highest BCUT2D eigenvalue weighted by atomic mass is 32.2. The van der Waals surface area contributed by atoms with Gasteiger partial charge in [-0.25, -0.2) is 9.59 Å². The second-order valence-electron chi connectivity index (χ2n) is 8.17. The lowest BCUT2D eigenvalue weighted by molar-refractivity contribution is 0.0696. The van der Waals surface area contributed by atoms with Crippen molar-refractivity contribution in [2.24, 2.45) is 0 Å². The molecule has 0 unspecified atom stereocenters. The molecule has 1 aliphatic rings. The van der Waals surface area contributed by atoms with Crippen molar-refractivity contribution in [2.75, 3.05) is 13.1 Å². The van der Waals surface area contributed by atoms with Gasteiger partial charge in [0.2, 0.25) is 0 Å². The summed E-state index contributed by atoms with van der Waals surface area (Å²) in [6.45, 7) is 2.63. The minimum Gasteiger partial charge on any atom is -0.507 e. The molecular formula is C27H26N2O5S. The van der Waals surface area contributed by atoms with Gasteiger partial charge < -0.3 is 14.6 Å². The quantitative estimate of drug-likeness (QED) is 0.358. The summed E-state index contributed by atoms with van der Waals surface area (Å²) in [7, 11) is 0. The Morgan fingerprint density at radius 3 is 2.46 bits per heavy atom. The van der Waals surface area contributed by atoms with Crippen LogP contribution in [0.2, 0.25) is 0 Å². The molecule has 0 bridgehead atoms. The third kappa shape index (κ3) is 6.49. The molecule has 8 heteroatoms. The summed E-state index contributed by atoms with van der Waals surface area (Å²) in [4.78, 5) is 30.2. The van der Waals surface area contributed by atoms with Gasteiger partial charge in [-0.15, -0.1) is 0 Å². The third-order valence-electron chi connectivity index (χ3n) is 5.66. The highest BCUT2D eigenvalue weighted by molar-refractivity contribution is 7.99. The van der Waals surface area contributed by atoms with Crippen molar-refractivity contribution >= 4 is 28.7 Å². The van der Waals surface area contributed by atoms with E-state index < -0.39 is 5.97 Å². The number of piperidine rings is 1. The summed E-state index contributed by atoms with van der Waals surface area (Å²) < 4.78 is 5.54. The van der Waals surface area contributed by atoms with Crippen LogP contribution in [0, 0.1) is 0 Å². The van der Waals surface area contributed by atoms with Crippen LogP contribution in [0.3, 0.4) is 0 Å². The molecule has 0 atom stereocenters. The molecule has 0 saturated carbocycles. The van der Waals surface area contributed by atoms with Gasteiger partial charge in [0, 0.05) is 40.2 Å². The molecule has 2 aromatic carbocycles. The largest absolute Gasteiger partial charge is 0.507 e. The number of carboxylic acid groups (broad SMARTS) is 1. The molecule has 4 aromatic rings. The lowest BCUT2D eigenvalue weighted by atomic mass is 10.1. The van der Waals surface area contributed by atoms with Crippen molar-refractivity contribution in [2.45, 2.75) is 35.6 Å². The topological polar surface area (TPSA) is 104 Å². The number of hydrogen-bond acceptors (Lipinski definition) is 7. The van der Waals surface area contributed by atoms with Gasteiger partial charge in [-0.3, -0.25) is 9.88 Å². The predicted octanol–water partition coefficient (Wildman–Crippen LogP) is 5.42. The Kier molecular flexibility index (Phi) is 8.18. The van der Waals surface area contributed by atoms with Crippen LogP contribution >= 0.6 is 11.8 Å². The Balaban J connectivity index is 0.000000271. The molecule has 1 aliphatic heterocycles. The SMILES string of the molecule is O=C(O)c1cccnc1.O=c1cc(Sc2ccccc2)c2ccc(O)c(CN3CCCCC3)c2o1. The van der Waals surface area contributed by atoms with E-state index in [1.165, 1.54) is 55.6 Å². The monoisotopic (exact) mass is 490 g/mol. The number of rotatable bonds is 5. The molecule has 35 heavy (non-hydrogen) atoms. The van der Waals surface area contributed by atoms with Crippen molar-refractivity contribution in [3.63, 3.8) is 0 Å². The molecule has 5 rings (SSSR count). The van der Waals surface area contributed by atoms with E-state index in [9.17, 15) is 14.7 Å². The van der Waals surface area contributed by atoms with E-state index in [0.717, 1.165) is 28.3 Å². The van der Waals surface area contributed by atoms with E-state index in [-0.39, 0.29) is 16.9 Å². The number of aromatic hydroxyl groups is 1. The van der Waals surface area contributed by atoms with Crippen LogP contribution in [0.25, 0.3) is 11.0 Å². The molecule has 2 aromatic heterocycles. The molecule has 1 fully saturated rings. The fourth-order valence-corrected chi connectivity index (χ4v) is 4.90. The maximum Gasteiger partial charge on any atom is 0.337 e. The summed E-state index contributed by atoms with van der Waals surface area (Å²) in [5.74, 6) is -0.754. The number of benzene rings is 2. The summed E-state index contributed by atoms with van der Waals surface area (Å²) in [5, 5.41) is 19.6. The van der Waals surface area contributed by atoms with Gasteiger partial charge in [0.05, 0.1) is 11.1 Å². The average molecular weight is 491 g/mol. The van der Waals surface area contributed by atoms with Crippen LogP contribution < -0.4 is 5.63 Å². The van der Waals surface area contributed by atoms with Gasteiger partial charge in [-0.05, 0) is 62.3 Å². The number of phenols is 1. The van der Waals surface area contributed by atoms with Crippen molar-refractivity contribution < 1.29 is 19.4 Å². The highest BCUT2D eigenvalue weighted by Crippen LogP contribution is 2.36. The zero-order chi connectivity index (χ0) is 24.6. The molecule has 1 saturated heterocycles. The summed E-state index contributed by atoms with van der Waals surface area (Å²) in [5.41, 5.74) is 1.04. The summed E-state index contributed by atoms with van der Waals surface area (Å²) >= 11 is 1.54. The van der Waals surface area contributed by atoms with Gasteiger partial charge >= 0.3 is 11.6 Å². The molecule has 7 nitrogen and oxygen atoms in total. The molecule has 180 valence electrons. The molecule has 2 N–H and O–H groups in total. The zero-order valence-corrected chi connectivity index (χ0v) is 19.9. The predicted molar refractivity (Wildman–Crippen MR) is 135 cm³/mol. The zero-order valence-electron chi connectivity index (χ0n) is 19.1. The van der Waals surface area contributed by atoms with Crippen LogP contribution in [-0.2, 0) is 6.54 Å². The van der Waals surface area contributed by atoms with Crippen LogP contribution in [0.1, 0.15) is 35.2 Å². The number of nitrogens with zero attached hydrogens (tertiary/aromatic N) is 2. The van der Waals surface area contributed by atoms with E-state index in [1.54, 1.807) is 12.1 Å². The average Bonchev–Trinajstić information content (AvgIpc) is 2.88. The number of phenolic OH excluding ortho intramolecular Hbond substituents is 1. The lowest BCUT2D eigenvalue weighted by Gasteiger charge is -2.26. The molecule has 0 spiro atoms. The van der Waals surface area contributed by atoms with Crippen LogP contribution in [0.4, 0.5) is 0 Å². The molecule has 0 aliphatic carbocycles. The maximum atomic E-state index is 12.2. The van der Waals surface area contributed by atoms with Crippen molar-refractivity contribution in [3.8, 4) is 5.75 Å². The van der Waals surface area contributed by atoms with Crippen molar-refractivity contribution in [1.82, 2.24) is 9.88 Å². The Labute approximate surface area is 207 Å². The van der Waals surface area contributed by atoms with Gasteiger partial charge in [-0.2, -0.15) is 0 Å². The van der Waals surface area contributed by atoms with Gasteiger partial charge in [0.15, 0.2) is 0 Å². The fraction of sp³-hybridized carbons (Fsp3) is 0.222. The van der Waals surface area contributed by atoms with Crippen molar-refractivity contribution in [1.29, 1.82) is 0 Å². The molecule has 0 radical (unpaired) electrons. The Morgan fingerprint density at radius 2 is 1.80 bits per heavy atom. The number of pyridine rings is 1. The van der Waals surface area contributed by atoms with Crippen LogP contribution in [0.15, 0.2) is 92.1 Å². The number of carboxylic acids is 1. The molecular weight excluding hydrogens is 464 g/mol. The van der Waals surface area contributed by atoms with Gasteiger partial charge in [0.25, 0.3) is 0 Å². The van der Waals surface area contributed by atoms with E-state index in [1.807, 2.05) is 36.4 Å². The second-order valence-corrected chi connectivity index (χ2v) is 9.28. The first-order valence-electron chi connectivity index (χ1n) is 11.4. The third-order valence-corrected chi connectivity index (χ3v) is 6.73. The minimum atomic E-state index is -0.942. The molecule has 3 heterocycles. The number of aromatic carboxylic acids is 1.